The number of aromatic nitrogens is 3. The van der Waals surface area contributed by atoms with Crippen molar-refractivity contribution in [1.82, 2.24) is 14.9 Å². The lowest BCUT2D eigenvalue weighted by Crippen LogP contribution is -1.97. The van der Waals surface area contributed by atoms with Crippen LogP contribution >= 0.6 is 23.8 Å². The number of nitrogens with zero attached hydrogens (tertiary/aromatic N) is 4. The molecule has 0 fully saturated rings. The lowest BCUT2D eigenvalue weighted by Gasteiger charge is -2.06. The zero-order valence-corrected chi connectivity index (χ0v) is 15.0. The Morgan fingerprint density at radius 1 is 1.38 bits per heavy atom. The molecule has 0 saturated carbocycles. The molecule has 3 rings (SSSR count). The molecule has 0 saturated heterocycles. The number of hydrogen-bond acceptors (Lipinski definition) is 6. The summed E-state index contributed by atoms with van der Waals surface area (Å²) in [6, 6.07) is 11.7. The number of ether oxygens (including phenoxy) is 1. The maximum atomic E-state index is 11.0. The minimum Gasteiger partial charge on any atom is -0.496 e. The average Bonchev–Trinajstić information content (AvgIpc) is 3.01. The van der Waals surface area contributed by atoms with E-state index in [0.29, 0.717) is 22.7 Å². The molecule has 0 bridgehead atoms. The highest BCUT2D eigenvalue weighted by Gasteiger charge is 2.14. The molecular formula is C16H12ClN5O3S. The van der Waals surface area contributed by atoms with Crippen LogP contribution in [0.5, 0.6) is 5.75 Å². The van der Waals surface area contributed by atoms with Crippen molar-refractivity contribution >= 4 is 35.7 Å². The van der Waals surface area contributed by atoms with Crippen molar-refractivity contribution in [3.63, 3.8) is 0 Å². The Morgan fingerprint density at radius 2 is 2.15 bits per heavy atom. The predicted molar refractivity (Wildman–Crippen MR) is 100 cm³/mol. The quantitative estimate of drug-likeness (QED) is 0.307. The fourth-order valence-electron chi connectivity index (χ4n) is 2.28. The second-order valence-corrected chi connectivity index (χ2v) is 5.87. The Hall–Kier alpha value is -3.04. The van der Waals surface area contributed by atoms with Gasteiger partial charge in [-0.05, 0) is 30.4 Å². The highest BCUT2D eigenvalue weighted by molar-refractivity contribution is 7.71. The van der Waals surface area contributed by atoms with Crippen LogP contribution in [0, 0.1) is 14.9 Å². The van der Waals surface area contributed by atoms with Crippen molar-refractivity contribution in [2.45, 2.75) is 0 Å². The Morgan fingerprint density at radius 3 is 2.88 bits per heavy atom. The number of halogens is 1. The summed E-state index contributed by atoms with van der Waals surface area (Å²) >= 11 is 11.0. The Labute approximate surface area is 157 Å². The van der Waals surface area contributed by atoms with Crippen molar-refractivity contribution in [2.75, 3.05) is 7.11 Å². The zero-order chi connectivity index (χ0) is 18.7. The number of para-hydroxylation sites is 1. The summed E-state index contributed by atoms with van der Waals surface area (Å²) < 4.78 is 7.02. The molecule has 0 aliphatic rings. The molecule has 0 atom stereocenters. The molecule has 0 unspecified atom stereocenters. The van der Waals surface area contributed by atoms with Gasteiger partial charge >= 0.3 is 0 Å². The van der Waals surface area contributed by atoms with Crippen LogP contribution in [-0.4, -0.2) is 33.1 Å². The molecular weight excluding hydrogens is 378 g/mol. The molecule has 2 aromatic carbocycles. The van der Waals surface area contributed by atoms with Crippen LogP contribution in [0.25, 0.3) is 11.4 Å². The van der Waals surface area contributed by atoms with E-state index < -0.39 is 4.92 Å². The SMILES string of the molecule is COc1ccccc1-c1n[nH]c(=S)n1/N=C\c1ccc(Cl)c([N+](=O)[O-])c1. The number of rotatable bonds is 5. The predicted octanol–water partition coefficient (Wildman–Crippen LogP) is 4.06. The number of nitrogens with one attached hydrogen (secondary N) is 1. The van der Waals surface area contributed by atoms with E-state index in [0.717, 1.165) is 0 Å². The molecule has 1 N–H and O–H groups in total. The fraction of sp³-hybridized carbons (Fsp3) is 0.0625. The van der Waals surface area contributed by atoms with Crippen molar-refractivity contribution in [2.24, 2.45) is 5.10 Å². The molecule has 3 aromatic rings. The van der Waals surface area contributed by atoms with Gasteiger partial charge in [0.15, 0.2) is 5.82 Å². The first-order valence-electron chi connectivity index (χ1n) is 7.30. The number of aromatic amines is 1. The van der Waals surface area contributed by atoms with Crippen LogP contribution in [0.3, 0.4) is 0 Å². The number of hydrogen-bond donors (Lipinski definition) is 1. The van der Waals surface area contributed by atoms with Crippen LogP contribution in [0.2, 0.25) is 5.02 Å². The van der Waals surface area contributed by atoms with E-state index in [1.54, 1.807) is 19.2 Å². The zero-order valence-electron chi connectivity index (χ0n) is 13.4. The van der Waals surface area contributed by atoms with E-state index >= 15 is 0 Å². The summed E-state index contributed by atoms with van der Waals surface area (Å²) in [5.74, 6) is 1.06. The lowest BCUT2D eigenvalue weighted by atomic mass is 10.2. The second-order valence-electron chi connectivity index (χ2n) is 5.08. The molecule has 132 valence electrons. The second kappa shape index (κ2) is 7.46. The molecule has 1 heterocycles. The normalized spacial score (nSPS) is 11.0. The third kappa shape index (κ3) is 3.48. The van der Waals surface area contributed by atoms with Gasteiger partial charge in [0.1, 0.15) is 10.8 Å². The van der Waals surface area contributed by atoms with Gasteiger partial charge in [-0.15, -0.1) is 0 Å². The van der Waals surface area contributed by atoms with Crippen LogP contribution in [0.15, 0.2) is 47.6 Å². The first kappa shape index (κ1) is 17.8. The third-order valence-corrected chi connectivity index (χ3v) is 4.07. The van der Waals surface area contributed by atoms with Gasteiger partial charge in [-0.3, -0.25) is 10.1 Å². The van der Waals surface area contributed by atoms with Gasteiger partial charge in [0.05, 0.1) is 23.8 Å². The van der Waals surface area contributed by atoms with Gasteiger partial charge in [-0.2, -0.15) is 14.9 Å². The molecule has 1 aromatic heterocycles. The van der Waals surface area contributed by atoms with Crippen LogP contribution < -0.4 is 4.74 Å². The smallest absolute Gasteiger partial charge is 0.288 e. The molecule has 0 amide bonds. The summed E-state index contributed by atoms with van der Waals surface area (Å²) in [7, 11) is 1.56. The molecule has 10 heteroatoms. The fourth-order valence-corrected chi connectivity index (χ4v) is 2.64. The summed E-state index contributed by atoms with van der Waals surface area (Å²) in [4.78, 5) is 10.4. The highest BCUT2D eigenvalue weighted by Crippen LogP contribution is 2.28. The Kier molecular flexibility index (Phi) is 5.10. The van der Waals surface area contributed by atoms with E-state index in [9.17, 15) is 10.1 Å². The lowest BCUT2D eigenvalue weighted by molar-refractivity contribution is -0.384. The van der Waals surface area contributed by atoms with Gasteiger partial charge in [0.2, 0.25) is 4.77 Å². The summed E-state index contributed by atoms with van der Waals surface area (Å²) in [5.41, 5.74) is 0.994. The number of H-pyrrole nitrogens is 1. The van der Waals surface area contributed by atoms with E-state index in [-0.39, 0.29) is 15.5 Å². The first-order chi connectivity index (χ1) is 12.5. The molecule has 26 heavy (non-hydrogen) atoms. The van der Waals surface area contributed by atoms with Gasteiger partial charge in [-0.1, -0.05) is 29.8 Å². The standard InChI is InChI=1S/C16H12ClN5O3S/c1-25-14-5-3-2-4-11(14)15-19-20-16(26)21(15)18-9-10-6-7-12(17)13(8-10)22(23)24/h2-9H,1H3,(H,20,26)/b18-9-. The Balaban J connectivity index is 2.03. The highest BCUT2D eigenvalue weighted by atomic mass is 35.5. The molecule has 0 spiro atoms. The first-order valence-corrected chi connectivity index (χ1v) is 8.09. The maximum Gasteiger partial charge on any atom is 0.288 e. The topological polar surface area (TPSA) is 98.3 Å². The summed E-state index contributed by atoms with van der Waals surface area (Å²) in [5, 5.41) is 22.2. The van der Waals surface area contributed by atoms with E-state index in [1.165, 1.54) is 23.0 Å². The largest absolute Gasteiger partial charge is 0.496 e. The van der Waals surface area contributed by atoms with Gasteiger partial charge in [-0.25, -0.2) is 5.10 Å². The molecule has 8 nitrogen and oxygen atoms in total. The maximum absolute atomic E-state index is 11.0. The van der Waals surface area contributed by atoms with Crippen molar-refractivity contribution in [1.29, 1.82) is 0 Å². The van der Waals surface area contributed by atoms with Crippen molar-refractivity contribution in [3.05, 3.63) is 67.9 Å². The molecule has 0 radical (unpaired) electrons. The van der Waals surface area contributed by atoms with E-state index in [4.69, 9.17) is 28.6 Å². The van der Waals surface area contributed by atoms with E-state index in [1.807, 2.05) is 18.2 Å². The summed E-state index contributed by atoms with van der Waals surface area (Å²) in [6.45, 7) is 0. The third-order valence-electron chi connectivity index (χ3n) is 3.49. The molecule has 0 aliphatic carbocycles. The van der Waals surface area contributed by atoms with Crippen LogP contribution in [-0.2, 0) is 0 Å². The number of methoxy groups -OCH3 is 1. The molecule has 0 aliphatic heterocycles. The number of nitro benzene ring substituents is 1. The minimum absolute atomic E-state index is 0.0572. The van der Waals surface area contributed by atoms with Gasteiger partial charge in [0, 0.05) is 11.6 Å². The van der Waals surface area contributed by atoms with Crippen LogP contribution in [0.1, 0.15) is 5.56 Å². The van der Waals surface area contributed by atoms with E-state index in [2.05, 4.69) is 15.3 Å². The summed E-state index contributed by atoms with van der Waals surface area (Å²) in [6.07, 6.45) is 1.44. The van der Waals surface area contributed by atoms with Crippen molar-refractivity contribution < 1.29 is 9.66 Å². The van der Waals surface area contributed by atoms with Gasteiger partial charge < -0.3 is 4.74 Å². The monoisotopic (exact) mass is 389 g/mol. The minimum atomic E-state index is -0.552. The number of nitro groups is 1. The number of benzene rings is 2. The van der Waals surface area contributed by atoms with Gasteiger partial charge in [0.25, 0.3) is 5.69 Å². The average molecular weight is 390 g/mol. The van der Waals surface area contributed by atoms with Crippen LogP contribution in [0.4, 0.5) is 5.69 Å². The van der Waals surface area contributed by atoms with Crippen molar-refractivity contribution in [3.8, 4) is 17.1 Å². The Bertz CT molecular complexity index is 1060.